The normalized spacial score (nSPS) is 17.2. The maximum absolute atomic E-state index is 12.8. The summed E-state index contributed by atoms with van der Waals surface area (Å²) in [6.45, 7) is -2.75. The molecule has 28 heavy (non-hydrogen) atoms. The van der Waals surface area contributed by atoms with E-state index in [1.807, 2.05) is 0 Å². The summed E-state index contributed by atoms with van der Waals surface area (Å²) in [5.41, 5.74) is -0.530. The lowest BCUT2D eigenvalue weighted by Gasteiger charge is -2.26. The van der Waals surface area contributed by atoms with Gasteiger partial charge in [-0.2, -0.15) is 22.0 Å². The molecule has 0 spiro atoms. The highest BCUT2D eigenvalue weighted by molar-refractivity contribution is 6.20. The van der Waals surface area contributed by atoms with Crippen molar-refractivity contribution in [2.45, 2.75) is 25.0 Å². The van der Waals surface area contributed by atoms with Crippen LogP contribution in [0.3, 0.4) is 0 Å². The third-order valence-corrected chi connectivity index (χ3v) is 4.22. The van der Waals surface area contributed by atoms with Crippen molar-refractivity contribution in [3.8, 4) is 11.4 Å². The summed E-state index contributed by atoms with van der Waals surface area (Å²) in [4.78, 5) is 8.98. The van der Waals surface area contributed by atoms with Gasteiger partial charge in [-0.25, -0.2) is 9.98 Å². The first-order valence-electron chi connectivity index (χ1n) is 7.93. The SMILES string of the molecule is Cn1cc(C(F)(F)F)nc1-c1ccc(CN2C=C(OC(F)F)C=NC2Cl)cc1. The van der Waals surface area contributed by atoms with Gasteiger partial charge in [-0.1, -0.05) is 35.9 Å². The van der Waals surface area contributed by atoms with Crippen LogP contribution in [0.25, 0.3) is 11.4 Å². The number of ether oxygens (including phenoxy) is 1. The van der Waals surface area contributed by atoms with Crippen molar-refractivity contribution < 1.29 is 26.7 Å². The molecule has 0 radical (unpaired) electrons. The van der Waals surface area contributed by atoms with E-state index in [2.05, 4.69) is 14.7 Å². The second-order valence-corrected chi connectivity index (χ2v) is 6.32. The summed E-state index contributed by atoms with van der Waals surface area (Å²) in [7, 11) is 1.48. The second kappa shape index (κ2) is 7.78. The Morgan fingerprint density at radius 3 is 2.46 bits per heavy atom. The van der Waals surface area contributed by atoms with Crippen molar-refractivity contribution in [3.63, 3.8) is 0 Å². The Morgan fingerprint density at radius 2 is 1.89 bits per heavy atom. The highest BCUT2D eigenvalue weighted by Gasteiger charge is 2.34. The van der Waals surface area contributed by atoms with Crippen molar-refractivity contribution in [3.05, 3.63) is 53.7 Å². The number of hydrogen-bond acceptors (Lipinski definition) is 4. The lowest BCUT2D eigenvalue weighted by molar-refractivity contribution is -0.140. The Kier molecular flexibility index (Phi) is 5.59. The monoisotopic (exact) mass is 420 g/mol. The maximum atomic E-state index is 12.8. The highest BCUT2D eigenvalue weighted by atomic mass is 35.5. The van der Waals surface area contributed by atoms with Crippen LogP contribution in [0.1, 0.15) is 11.3 Å². The number of aliphatic imine (C=N–C) groups is 1. The molecule has 0 amide bonds. The Bertz CT molecular complexity index is 892. The van der Waals surface area contributed by atoms with E-state index in [0.717, 1.165) is 18.0 Å². The summed E-state index contributed by atoms with van der Waals surface area (Å²) in [5.74, 6) is 0.0420. The number of imidazole rings is 1. The van der Waals surface area contributed by atoms with Crippen LogP contribution in [0.2, 0.25) is 0 Å². The largest absolute Gasteiger partial charge is 0.434 e. The molecule has 0 saturated heterocycles. The van der Waals surface area contributed by atoms with Crippen LogP contribution in [0, 0.1) is 0 Å². The van der Waals surface area contributed by atoms with Gasteiger partial charge in [0.15, 0.2) is 17.1 Å². The number of aromatic nitrogens is 2. The fourth-order valence-electron chi connectivity index (χ4n) is 2.60. The molecule has 0 N–H and O–H groups in total. The molecule has 1 aliphatic rings. The number of rotatable bonds is 5. The van der Waals surface area contributed by atoms with E-state index in [1.54, 1.807) is 24.3 Å². The molecule has 0 bridgehead atoms. The first-order chi connectivity index (χ1) is 13.1. The van der Waals surface area contributed by atoms with Crippen molar-refractivity contribution in [2.75, 3.05) is 0 Å². The number of benzene rings is 1. The summed E-state index contributed by atoms with van der Waals surface area (Å²) in [6, 6.07) is 6.60. The first-order valence-corrected chi connectivity index (χ1v) is 8.36. The Morgan fingerprint density at radius 1 is 1.21 bits per heavy atom. The van der Waals surface area contributed by atoms with Crippen LogP contribution in [-0.4, -0.2) is 32.9 Å². The number of hydrogen-bond donors (Lipinski definition) is 0. The molecule has 3 rings (SSSR count). The molecule has 5 nitrogen and oxygen atoms in total. The van der Waals surface area contributed by atoms with Gasteiger partial charge in [-0.05, 0) is 5.56 Å². The summed E-state index contributed by atoms with van der Waals surface area (Å²) in [6.07, 6.45) is -1.17. The second-order valence-electron chi connectivity index (χ2n) is 5.93. The number of aryl methyl sites for hydroxylation is 1. The molecular formula is C17H14ClF5N4O. The Hall–Kier alpha value is -2.62. The predicted octanol–water partition coefficient (Wildman–Crippen LogP) is 4.60. The lowest BCUT2D eigenvalue weighted by Crippen LogP contribution is -2.28. The third kappa shape index (κ3) is 4.61. The van der Waals surface area contributed by atoms with Gasteiger partial charge >= 0.3 is 12.8 Å². The van der Waals surface area contributed by atoms with Gasteiger partial charge < -0.3 is 14.2 Å². The number of alkyl halides is 6. The van der Waals surface area contributed by atoms with Crippen molar-refractivity contribution in [1.82, 2.24) is 14.5 Å². The minimum Gasteiger partial charge on any atom is -0.432 e. The molecule has 1 aliphatic heterocycles. The standard InChI is InChI=1S/C17H14ClF5N4O/c1-26-9-13(17(21,22)23)25-14(26)11-4-2-10(3-5-11)7-27-8-12(28-16(19)20)6-24-15(27)18/h2-6,8-9,15-16H,7H2,1H3. The van der Waals surface area contributed by atoms with Gasteiger partial charge in [-0.3, -0.25) is 0 Å². The molecule has 150 valence electrons. The van der Waals surface area contributed by atoms with Gasteiger partial charge in [0.25, 0.3) is 0 Å². The zero-order valence-electron chi connectivity index (χ0n) is 14.4. The van der Waals surface area contributed by atoms with Crippen molar-refractivity contribution >= 4 is 17.8 Å². The molecule has 1 aromatic carbocycles. The van der Waals surface area contributed by atoms with E-state index in [0.29, 0.717) is 5.56 Å². The average Bonchev–Trinajstić information content (AvgIpc) is 3.00. The van der Waals surface area contributed by atoms with Gasteiger partial charge in [0.1, 0.15) is 5.82 Å². The van der Waals surface area contributed by atoms with Crippen LogP contribution in [0.15, 0.2) is 47.4 Å². The molecule has 0 saturated carbocycles. The number of allylic oxidation sites excluding steroid dienone is 1. The van der Waals surface area contributed by atoms with E-state index in [-0.39, 0.29) is 18.1 Å². The zero-order valence-corrected chi connectivity index (χ0v) is 15.1. The van der Waals surface area contributed by atoms with E-state index in [1.165, 1.54) is 22.7 Å². The van der Waals surface area contributed by atoms with Crippen LogP contribution < -0.4 is 0 Å². The molecule has 0 fully saturated rings. The predicted molar refractivity (Wildman–Crippen MR) is 92.5 cm³/mol. The van der Waals surface area contributed by atoms with Crippen LogP contribution in [0.4, 0.5) is 22.0 Å². The van der Waals surface area contributed by atoms with Crippen LogP contribution in [-0.2, 0) is 24.5 Å². The van der Waals surface area contributed by atoms with Crippen LogP contribution in [0.5, 0.6) is 0 Å². The molecule has 1 aromatic heterocycles. The molecular weight excluding hydrogens is 407 g/mol. The van der Waals surface area contributed by atoms with E-state index >= 15 is 0 Å². The Balaban J connectivity index is 1.75. The quantitative estimate of drug-likeness (QED) is 0.403. The smallest absolute Gasteiger partial charge is 0.432 e. The minimum atomic E-state index is -4.52. The summed E-state index contributed by atoms with van der Waals surface area (Å²) >= 11 is 6.05. The van der Waals surface area contributed by atoms with Gasteiger partial charge in [-0.15, -0.1) is 0 Å². The molecule has 1 atom stereocenters. The van der Waals surface area contributed by atoms with E-state index in [4.69, 9.17) is 11.6 Å². The third-order valence-electron chi connectivity index (χ3n) is 3.86. The topological polar surface area (TPSA) is 42.7 Å². The maximum Gasteiger partial charge on any atom is 0.434 e. The van der Waals surface area contributed by atoms with Crippen molar-refractivity contribution in [2.24, 2.45) is 12.0 Å². The molecule has 0 aliphatic carbocycles. The fraction of sp³-hybridized carbons (Fsp3) is 0.294. The first kappa shape index (κ1) is 20.1. The average molecular weight is 421 g/mol. The summed E-state index contributed by atoms with van der Waals surface area (Å²) in [5, 5.41) is 0. The number of nitrogens with zero attached hydrogens (tertiary/aromatic N) is 4. The van der Waals surface area contributed by atoms with Crippen molar-refractivity contribution in [1.29, 1.82) is 0 Å². The summed E-state index contributed by atoms with van der Waals surface area (Å²) < 4.78 is 68.7. The van der Waals surface area contributed by atoms with Gasteiger partial charge in [0.05, 0.1) is 6.21 Å². The molecule has 2 aromatic rings. The van der Waals surface area contributed by atoms with E-state index < -0.39 is 24.1 Å². The fourth-order valence-corrected chi connectivity index (χ4v) is 2.79. The zero-order chi connectivity index (χ0) is 20.5. The molecule has 2 heterocycles. The van der Waals surface area contributed by atoms with Crippen LogP contribution >= 0.6 is 11.6 Å². The van der Waals surface area contributed by atoms with E-state index in [9.17, 15) is 22.0 Å². The highest BCUT2D eigenvalue weighted by Crippen LogP contribution is 2.30. The lowest BCUT2D eigenvalue weighted by atomic mass is 10.1. The van der Waals surface area contributed by atoms with Gasteiger partial charge in [0, 0.05) is 31.6 Å². The van der Waals surface area contributed by atoms with Gasteiger partial charge in [0.2, 0.25) is 0 Å². The molecule has 11 heteroatoms. The minimum absolute atomic E-state index is 0.129. The molecule has 1 unspecified atom stereocenters. The Labute approximate surface area is 161 Å². The number of halogens is 6.